The van der Waals surface area contributed by atoms with Crippen LogP contribution in [0.4, 0.5) is 0 Å². The third kappa shape index (κ3) is 3.21. The van der Waals surface area contributed by atoms with Crippen molar-refractivity contribution in [2.75, 3.05) is 6.54 Å². The lowest BCUT2D eigenvalue weighted by molar-refractivity contribution is 0.0954. The zero-order valence-electron chi connectivity index (χ0n) is 9.28. The molecule has 0 spiro atoms. The fourth-order valence-electron chi connectivity index (χ4n) is 1.41. The Morgan fingerprint density at radius 1 is 1.39 bits per heavy atom. The van der Waals surface area contributed by atoms with E-state index in [0.717, 1.165) is 5.69 Å². The zero-order chi connectivity index (χ0) is 13.0. The Kier molecular flexibility index (Phi) is 4.17. The lowest BCUT2D eigenvalue weighted by atomic mass is 10.2. The third-order valence-electron chi connectivity index (χ3n) is 2.30. The number of imidazole rings is 1. The molecule has 2 aromatic rings. The summed E-state index contributed by atoms with van der Waals surface area (Å²) in [5.41, 5.74) is 1.27. The smallest absolute Gasteiger partial charge is 0.252 e. The maximum atomic E-state index is 11.8. The lowest BCUT2D eigenvalue weighted by Crippen LogP contribution is -2.26. The summed E-state index contributed by atoms with van der Waals surface area (Å²) in [6.45, 7) is 0.483. The third-order valence-corrected chi connectivity index (χ3v) is 2.81. The highest BCUT2D eigenvalue weighted by atomic mass is 35.5. The largest absolute Gasteiger partial charge is 0.352 e. The monoisotopic (exact) mass is 284 g/mol. The number of amides is 1. The number of nitrogens with one attached hydrogen (secondary N) is 2. The second-order valence-electron chi connectivity index (χ2n) is 3.57. The lowest BCUT2D eigenvalue weighted by Gasteiger charge is -2.06. The van der Waals surface area contributed by atoms with Gasteiger partial charge in [-0.1, -0.05) is 23.2 Å². The number of halogens is 2. The van der Waals surface area contributed by atoms with E-state index in [-0.39, 0.29) is 16.1 Å². The van der Waals surface area contributed by atoms with Crippen LogP contribution in [0.25, 0.3) is 0 Å². The molecule has 0 aliphatic carbocycles. The van der Waals surface area contributed by atoms with Gasteiger partial charge in [0.25, 0.3) is 5.91 Å². The van der Waals surface area contributed by atoms with Crippen LogP contribution in [-0.2, 0) is 6.42 Å². The first-order valence-electron chi connectivity index (χ1n) is 5.23. The molecule has 2 rings (SSSR count). The number of aromatic amines is 1. The number of hydrogen-bond donors (Lipinski definition) is 2. The molecule has 94 valence electrons. The van der Waals surface area contributed by atoms with Gasteiger partial charge in [-0.25, -0.2) is 9.97 Å². The van der Waals surface area contributed by atoms with Crippen LogP contribution in [0.1, 0.15) is 16.1 Å². The fourth-order valence-corrected chi connectivity index (χ4v) is 1.76. The van der Waals surface area contributed by atoms with Crippen molar-refractivity contribution in [1.82, 2.24) is 20.3 Å². The highest BCUT2D eigenvalue weighted by Gasteiger charge is 2.11. The van der Waals surface area contributed by atoms with Crippen molar-refractivity contribution in [3.05, 3.63) is 46.2 Å². The molecule has 7 heteroatoms. The number of H-pyrrole nitrogens is 1. The molecule has 2 N–H and O–H groups in total. The molecule has 0 radical (unpaired) electrons. The van der Waals surface area contributed by atoms with E-state index in [1.807, 2.05) is 0 Å². The maximum Gasteiger partial charge on any atom is 0.252 e. The van der Waals surface area contributed by atoms with Crippen molar-refractivity contribution in [2.45, 2.75) is 6.42 Å². The number of aromatic nitrogens is 3. The Bertz CT molecular complexity index is 542. The molecule has 0 aliphatic heterocycles. The van der Waals surface area contributed by atoms with Gasteiger partial charge in [-0.2, -0.15) is 0 Å². The number of carbonyl (C=O) groups excluding carboxylic acids is 1. The van der Waals surface area contributed by atoms with E-state index >= 15 is 0 Å². The van der Waals surface area contributed by atoms with Crippen LogP contribution in [0.15, 0.2) is 24.8 Å². The molecule has 0 saturated carbocycles. The van der Waals surface area contributed by atoms with Crippen molar-refractivity contribution in [3.63, 3.8) is 0 Å². The highest BCUT2D eigenvalue weighted by molar-refractivity contribution is 6.35. The summed E-state index contributed by atoms with van der Waals surface area (Å²) in [6.07, 6.45) is 5.33. The molecule has 0 aliphatic rings. The van der Waals surface area contributed by atoms with Crippen molar-refractivity contribution in [1.29, 1.82) is 0 Å². The Labute approximate surface area is 114 Å². The molecule has 0 unspecified atom stereocenters. The van der Waals surface area contributed by atoms with Crippen LogP contribution in [-0.4, -0.2) is 27.4 Å². The quantitative estimate of drug-likeness (QED) is 0.845. The first-order valence-corrected chi connectivity index (χ1v) is 5.99. The summed E-state index contributed by atoms with van der Waals surface area (Å²) >= 11 is 11.6. The summed E-state index contributed by atoms with van der Waals surface area (Å²) in [5.74, 6) is -0.274. The summed E-state index contributed by atoms with van der Waals surface area (Å²) in [6, 6.07) is 1.44. The minimum Gasteiger partial charge on any atom is -0.352 e. The molecular weight excluding hydrogens is 275 g/mol. The van der Waals surface area contributed by atoms with Crippen LogP contribution in [0.3, 0.4) is 0 Å². The van der Waals surface area contributed by atoms with Crippen molar-refractivity contribution in [2.24, 2.45) is 0 Å². The Morgan fingerprint density at radius 2 is 2.22 bits per heavy atom. The summed E-state index contributed by atoms with van der Waals surface area (Å²) in [7, 11) is 0. The van der Waals surface area contributed by atoms with Gasteiger partial charge >= 0.3 is 0 Å². The van der Waals surface area contributed by atoms with Gasteiger partial charge in [0, 0.05) is 31.1 Å². The van der Waals surface area contributed by atoms with Gasteiger partial charge < -0.3 is 10.3 Å². The molecule has 18 heavy (non-hydrogen) atoms. The molecule has 2 aromatic heterocycles. The van der Waals surface area contributed by atoms with E-state index in [4.69, 9.17) is 23.2 Å². The topological polar surface area (TPSA) is 70.7 Å². The van der Waals surface area contributed by atoms with E-state index in [9.17, 15) is 4.79 Å². The molecule has 0 bridgehead atoms. The first kappa shape index (κ1) is 12.9. The van der Waals surface area contributed by atoms with Crippen LogP contribution >= 0.6 is 23.2 Å². The van der Waals surface area contributed by atoms with E-state index in [0.29, 0.717) is 18.5 Å². The standard InChI is InChI=1S/C11H10Cl2N4O/c12-9-5-16-10(13)3-8(9)11(18)15-2-1-7-4-14-6-17-7/h3-6H,1-2H2,(H,14,17)(H,15,18). The molecule has 0 atom stereocenters. The summed E-state index contributed by atoms with van der Waals surface area (Å²) in [5, 5.41) is 3.26. The van der Waals surface area contributed by atoms with Gasteiger partial charge in [-0.3, -0.25) is 4.79 Å². The second-order valence-corrected chi connectivity index (χ2v) is 4.36. The zero-order valence-corrected chi connectivity index (χ0v) is 10.8. The van der Waals surface area contributed by atoms with Crippen molar-refractivity contribution < 1.29 is 4.79 Å². The number of pyridine rings is 1. The molecule has 0 saturated heterocycles. The summed E-state index contributed by atoms with van der Waals surface area (Å²) in [4.78, 5) is 22.5. The average molecular weight is 285 g/mol. The van der Waals surface area contributed by atoms with Gasteiger partial charge in [-0.15, -0.1) is 0 Å². The van der Waals surface area contributed by atoms with Crippen LogP contribution in [0, 0.1) is 0 Å². The summed E-state index contributed by atoms with van der Waals surface area (Å²) < 4.78 is 0. The molecular formula is C11H10Cl2N4O. The number of hydrogen-bond acceptors (Lipinski definition) is 3. The predicted octanol–water partition coefficient (Wildman–Crippen LogP) is 2.08. The normalized spacial score (nSPS) is 10.3. The van der Waals surface area contributed by atoms with Crippen molar-refractivity contribution >= 4 is 29.1 Å². The Morgan fingerprint density at radius 3 is 2.94 bits per heavy atom. The molecule has 2 heterocycles. The second kappa shape index (κ2) is 5.84. The molecule has 0 aromatic carbocycles. The van der Waals surface area contributed by atoms with E-state index in [1.165, 1.54) is 12.3 Å². The SMILES string of the molecule is O=C(NCCc1cnc[nH]1)c1cc(Cl)ncc1Cl. The van der Waals surface area contributed by atoms with E-state index in [1.54, 1.807) is 12.5 Å². The first-order chi connectivity index (χ1) is 8.66. The van der Waals surface area contributed by atoms with E-state index < -0.39 is 0 Å². The van der Waals surface area contributed by atoms with Gasteiger partial charge in [0.2, 0.25) is 0 Å². The highest BCUT2D eigenvalue weighted by Crippen LogP contribution is 2.17. The fraction of sp³-hybridized carbons (Fsp3) is 0.182. The number of carbonyl (C=O) groups is 1. The van der Waals surface area contributed by atoms with Crippen LogP contribution in [0.2, 0.25) is 10.2 Å². The van der Waals surface area contributed by atoms with Crippen LogP contribution in [0.5, 0.6) is 0 Å². The minimum absolute atomic E-state index is 0.234. The van der Waals surface area contributed by atoms with Gasteiger partial charge in [0.15, 0.2) is 0 Å². The molecule has 5 nitrogen and oxygen atoms in total. The Hall–Kier alpha value is -1.59. The maximum absolute atomic E-state index is 11.8. The number of rotatable bonds is 4. The van der Waals surface area contributed by atoms with E-state index in [2.05, 4.69) is 20.3 Å². The van der Waals surface area contributed by atoms with Gasteiger partial charge in [0.05, 0.1) is 16.9 Å². The predicted molar refractivity (Wildman–Crippen MR) is 68.9 cm³/mol. The molecule has 0 fully saturated rings. The minimum atomic E-state index is -0.274. The average Bonchev–Trinajstić information content (AvgIpc) is 2.85. The van der Waals surface area contributed by atoms with Gasteiger partial charge in [-0.05, 0) is 6.07 Å². The van der Waals surface area contributed by atoms with Gasteiger partial charge in [0.1, 0.15) is 5.15 Å². The Balaban J connectivity index is 1.93. The molecule has 1 amide bonds. The van der Waals surface area contributed by atoms with Crippen LogP contribution < -0.4 is 5.32 Å². The van der Waals surface area contributed by atoms with Crippen molar-refractivity contribution in [3.8, 4) is 0 Å². The number of nitrogens with zero attached hydrogens (tertiary/aromatic N) is 2.